The Labute approximate surface area is 306 Å². The van der Waals surface area contributed by atoms with Crippen LogP contribution in [-0.4, -0.2) is 56.3 Å². The maximum absolute atomic E-state index is 12.1. The van der Waals surface area contributed by atoms with Crippen LogP contribution in [-0.2, 0) is 22.8 Å². The van der Waals surface area contributed by atoms with E-state index >= 15 is 0 Å². The molecular formula is C41H76O5Si3. The highest BCUT2D eigenvalue weighted by Crippen LogP contribution is 2.42. The lowest BCUT2D eigenvalue weighted by Gasteiger charge is -2.44. The number of carbonyl (C=O) groups excluding carboxylic acids is 1. The van der Waals surface area contributed by atoms with E-state index in [1.165, 1.54) is 26.4 Å². The van der Waals surface area contributed by atoms with Crippen LogP contribution in [0.25, 0.3) is 12.2 Å². The summed E-state index contributed by atoms with van der Waals surface area (Å²) in [6.45, 7) is 36.8. The van der Waals surface area contributed by atoms with Gasteiger partial charge >= 0.3 is 5.97 Å². The first-order chi connectivity index (χ1) is 22.3. The summed E-state index contributed by atoms with van der Waals surface area (Å²) in [4.78, 5) is 12.1. The molecule has 0 N–H and O–H groups in total. The van der Waals surface area contributed by atoms with Crippen LogP contribution >= 0.6 is 0 Å². The maximum Gasteiger partial charge on any atom is 0.305 e. The summed E-state index contributed by atoms with van der Waals surface area (Å²) < 4.78 is 26.3. The molecule has 8 heteroatoms. The molecule has 0 heterocycles. The Morgan fingerprint density at radius 1 is 0.673 bits per heavy atom. The highest BCUT2D eigenvalue weighted by Gasteiger charge is 2.44. The van der Waals surface area contributed by atoms with E-state index in [4.69, 9.17) is 18.0 Å². The molecule has 0 aromatic heterocycles. The first-order valence-electron chi connectivity index (χ1n) is 18.8. The third-order valence-corrected chi connectivity index (χ3v) is 24.7. The van der Waals surface area contributed by atoms with Gasteiger partial charge in [0.15, 0.2) is 25.0 Å². The van der Waals surface area contributed by atoms with Gasteiger partial charge in [-0.1, -0.05) is 137 Å². The van der Waals surface area contributed by atoms with Crippen molar-refractivity contribution < 1.29 is 22.8 Å². The number of ether oxygens (including phenoxy) is 1. The molecule has 0 saturated carbocycles. The lowest BCUT2D eigenvalue weighted by Crippen LogP contribution is -2.51. The van der Waals surface area contributed by atoms with E-state index < -0.39 is 25.0 Å². The topological polar surface area (TPSA) is 54.0 Å². The second kappa shape index (κ2) is 19.0. The lowest BCUT2D eigenvalue weighted by molar-refractivity contribution is -0.140. The van der Waals surface area contributed by atoms with Crippen LogP contribution in [0.4, 0.5) is 0 Å². The Morgan fingerprint density at radius 3 is 1.61 bits per heavy atom. The van der Waals surface area contributed by atoms with Gasteiger partial charge < -0.3 is 18.0 Å². The number of rotatable bonds is 19. The third-order valence-electron chi connectivity index (χ3n) is 11.2. The van der Waals surface area contributed by atoms with E-state index in [1.807, 2.05) is 0 Å². The zero-order valence-electron chi connectivity index (χ0n) is 34.8. The highest BCUT2D eigenvalue weighted by atomic mass is 28.4. The minimum Gasteiger partial charge on any atom is -0.469 e. The van der Waals surface area contributed by atoms with Gasteiger partial charge in [0.2, 0.25) is 0 Å². The molecule has 0 aliphatic rings. The zero-order valence-corrected chi connectivity index (χ0v) is 37.8. The van der Waals surface area contributed by atoms with Crippen molar-refractivity contribution in [3.8, 4) is 0 Å². The summed E-state index contributed by atoms with van der Waals surface area (Å²) in [7, 11) is -4.83. The molecule has 282 valence electrons. The molecule has 0 radical (unpaired) electrons. The number of hydrogen-bond acceptors (Lipinski definition) is 5. The molecule has 0 aliphatic carbocycles. The fourth-order valence-electron chi connectivity index (χ4n) is 4.72. The molecule has 49 heavy (non-hydrogen) atoms. The van der Waals surface area contributed by atoms with Crippen LogP contribution < -0.4 is 0 Å². The van der Waals surface area contributed by atoms with Crippen molar-refractivity contribution >= 4 is 43.1 Å². The standard InChI is InChI=1S/C41H76O5Si3/c1-18-19-20-26-35(44-47(12,13)39(2,3)4)31-29-33-24-21-22-25-34(33)30-32-37(46-49(16,17)41(8,9)10)36(27-23-28-38(42)43-11)45-48(14,15)40(5,6)7/h21-22,24-25,29-32,35-37H,18-20,23,26-28H2,1-17H3/b31-29+,32-30+/t35-,36?,37?/m1/s1. The van der Waals surface area contributed by atoms with E-state index in [0.29, 0.717) is 12.8 Å². The predicted molar refractivity (Wildman–Crippen MR) is 221 cm³/mol. The SMILES string of the molecule is CCCCC[C@H](/C=C/c1ccccc1/C=C/C(O[Si](C)(C)C(C)(C)C)C(CCCC(=O)OC)O[Si](C)(C)C(C)(C)C)O[Si](C)(C)C(C)(C)C. The summed E-state index contributed by atoms with van der Waals surface area (Å²) in [5, 5.41) is 0.226. The van der Waals surface area contributed by atoms with Crippen LogP contribution in [0.5, 0.6) is 0 Å². The van der Waals surface area contributed by atoms with Gasteiger partial charge in [0, 0.05) is 6.42 Å². The third kappa shape index (κ3) is 15.1. The molecule has 0 aliphatic heterocycles. The van der Waals surface area contributed by atoms with Crippen molar-refractivity contribution in [3.05, 3.63) is 47.5 Å². The van der Waals surface area contributed by atoms with Crippen LogP contribution in [0, 0.1) is 0 Å². The van der Waals surface area contributed by atoms with Crippen molar-refractivity contribution in [1.29, 1.82) is 0 Å². The Morgan fingerprint density at radius 2 is 1.14 bits per heavy atom. The molecule has 0 bridgehead atoms. The van der Waals surface area contributed by atoms with Gasteiger partial charge in [-0.3, -0.25) is 4.79 Å². The number of hydrogen-bond donors (Lipinski definition) is 0. The van der Waals surface area contributed by atoms with Gasteiger partial charge in [0.1, 0.15) is 0 Å². The van der Waals surface area contributed by atoms with Crippen molar-refractivity contribution in [2.45, 2.75) is 187 Å². The van der Waals surface area contributed by atoms with Crippen molar-refractivity contribution in [3.63, 3.8) is 0 Å². The average molecular weight is 733 g/mol. The molecule has 0 spiro atoms. The van der Waals surface area contributed by atoms with Gasteiger partial charge in [-0.2, -0.15) is 0 Å². The molecule has 3 atom stereocenters. The van der Waals surface area contributed by atoms with Crippen molar-refractivity contribution in [1.82, 2.24) is 0 Å². The molecule has 0 saturated heterocycles. The Bertz CT molecular complexity index is 1200. The molecule has 2 unspecified atom stereocenters. The van der Waals surface area contributed by atoms with Gasteiger partial charge in [-0.25, -0.2) is 0 Å². The van der Waals surface area contributed by atoms with E-state index in [2.05, 4.69) is 157 Å². The van der Waals surface area contributed by atoms with Crippen LogP contribution in [0.3, 0.4) is 0 Å². The molecule has 5 nitrogen and oxygen atoms in total. The Balaban J connectivity index is 3.65. The number of methoxy groups -OCH3 is 1. The molecule has 1 aromatic carbocycles. The number of unbranched alkanes of at least 4 members (excludes halogenated alkanes) is 2. The fourth-order valence-corrected chi connectivity index (χ4v) is 8.65. The number of carbonyl (C=O) groups is 1. The van der Waals surface area contributed by atoms with Gasteiger partial charge in [-0.15, -0.1) is 0 Å². The second-order valence-electron chi connectivity index (χ2n) is 18.5. The normalized spacial score (nSPS) is 15.9. The van der Waals surface area contributed by atoms with Gasteiger partial charge in [-0.05, 0) is 84.8 Å². The van der Waals surface area contributed by atoms with Crippen molar-refractivity contribution in [2.75, 3.05) is 7.11 Å². The van der Waals surface area contributed by atoms with Gasteiger partial charge in [0.05, 0.1) is 25.4 Å². The summed E-state index contributed by atoms with van der Waals surface area (Å²) in [5.74, 6) is -0.185. The number of esters is 1. The smallest absolute Gasteiger partial charge is 0.305 e. The maximum atomic E-state index is 12.1. The Hall–Kier alpha value is -1.30. The number of benzene rings is 1. The minimum atomic E-state index is -2.19. The summed E-state index contributed by atoms with van der Waals surface area (Å²) >= 11 is 0. The predicted octanol–water partition coefficient (Wildman–Crippen LogP) is 12.8. The molecule has 1 aromatic rings. The molecule has 0 amide bonds. The summed E-state index contributed by atoms with van der Waals surface area (Å²) in [5.41, 5.74) is 2.31. The monoisotopic (exact) mass is 733 g/mol. The van der Waals surface area contributed by atoms with Crippen LogP contribution in [0.15, 0.2) is 36.4 Å². The highest BCUT2D eigenvalue weighted by molar-refractivity contribution is 6.75. The average Bonchev–Trinajstić information content (AvgIpc) is 2.95. The molecule has 0 fully saturated rings. The lowest BCUT2D eigenvalue weighted by atomic mass is 10.0. The summed E-state index contributed by atoms with van der Waals surface area (Å²) in [6, 6.07) is 8.58. The summed E-state index contributed by atoms with van der Waals surface area (Å²) in [6.07, 6.45) is 15.1. The van der Waals surface area contributed by atoms with E-state index in [1.54, 1.807) is 0 Å². The van der Waals surface area contributed by atoms with E-state index in [-0.39, 0.29) is 39.4 Å². The largest absolute Gasteiger partial charge is 0.469 e. The van der Waals surface area contributed by atoms with Crippen LogP contribution in [0.1, 0.15) is 125 Å². The first kappa shape index (κ1) is 45.7. The first-order valence-corrected chi connectivity index (χ1v) is 27.6. The van der Waals surface area contributed by atoms with Crippen molar-refractivity contribution in [2.24, 2.45) is 0 Å². The van der Waals surface area contributed by atoms with E-state index in [0.717, 1.165) is 24.0 Å². The van der Waals surface area contributed by atoms with E-state index in [9.17, 15) is 4.79 Å². The minimum absolute atomic E-state index is 0.0320. The molecule has 1 rings (SSSR count). The van der Waals surface area contributed by atoms with Gasteiger partial charge in [0.25, 0.3) is 0 Å². The quantitative estimate of drug-likeness (QED) is 0.0805. The Kier molecular flexibility index (Phi) is 17.7. The van der Waals surface area contributed by atoms with Crippen LogP contribution in [0.2, 0.25) is 54.4 Å². The molecular weight excluding hydrogens is 657 g/mol. The second-order valence-corrected chi connectivity index (χ2v) is 32.8. The zero-order chi connectivity index (χ0) is 37.9. The fraction of sp³-hybridized carbons (Fsp3) is 0.732.